The molecule has 0 aliphatic carbocycles. The minimum atomic E-state index is -1.02. The number of hydrogen-bond acceptors (Lipinski definition) is 6. The first-order valence-electron chi connectivity index (χ1n) is 10.3. The smallest absolute Gasteiger partial charge is 0.337 e. The summed E-state index contributed by atoms with van der Waals surface area (Å²) in [5.74, 6) is -0.181. The summed E-state index contributed by atoms with van der Waals surface area (Å²) in [5, 5.41) is 22.0. The summed E-state index contributed by atoms with van der Waals surface area (Å²) in [6.07, 6.45) is 1.79. The molecule has 0 atom stereocenters. The van der Waals surface area contributed by atoms with E-state index in [1.807, 2.05) is 50.2 Å². The van der Waals surface area contributed by atoms with Crippen LogP contribution in [0, 0.1) is 13.8 Å². The maximum atomic E-state index is 11.8. The lowest BCUT2D eigenvalue weighted by Gasteiger charge is -2.15. The van der Waals surface area contributed by atoms with E-state index < -0.39 is 5.97 Å². The molecular weight excluding hydrogens is 418 g/mol. The van der Waals surface area contributed by atoms with Crippen molar-refractivity contribution >= 4 is 29.1 Å². The number of nitrogens with zero attached hydrogens (tertiary/aromatic N) is 5. The Bertz CT molecular complexity index is 1520. The van der Waals surface area contributed by atoms with Crippen LogP contribution in [0.5, 0.6) is 0 Å². The Hall–Kier alpha value is -4.66. The molecule has 164 valence electrons. The third-order valence-corrected chi connectivity index (χ3v) is 5.46. The molecule has 0 bridgehead atoms. The molecule has 2 aromatic carbocycles. The van der Waals surface area contributed by atoms with E-state index in [9.17, 15) is 9.90 Å². The number of carboxylic acid groups (broad SMARTS) is 1. The second-order valence-corrected chi connectivity index (χ2v) is 7.67. The average Bonchev–Trinajstić information content (AvgIpc) is 3.32. The number of para-hydroxylation sites is 2. The van der Waals surface area contributed by atoms with Crippen LogP contribution in [0.25, 0.3) is 22.5 Å². The molecule has 5 rings (SSSR count). The number of nitrogens with one attached hydrogen (secondary N) is 1. The van der Waals surface area contributed by atoms with Gasteiger partial charge in [0.1, 0.15) is 5.82 Å². The summed E-state index contributed by atoms with van der Waals surface area (Å²) in [6, 6.07) is 18.5. The van der Waals surface area contributed by atoms with Crippen LogP contribution in [0.15, 0.2) is 66.9 Å². The number of nitrogen functional groups attached to an aromatic ring is 1. The molecule has 0 aliphatic rings. The van der Waals surface area contributed by atoms with Gasteiger partial charge in [-0.3, -0.25) is 0 Å². The Morgan fingerprint density at radius 2 is 1.79 bits per heavy atom. The third kappa shape index (κ3) is 3.55. The number of rotatable bonds is 5. The molecule has 0 aliphatic heterocycles. The number of carboxylic acids is 1. The average molecular weight is 439 g/mol. The van der Waals surface area contributed by atoms with Crippen LogP contribution in [0.1, 0.15) is 21.6 Å². The molecule has 4 N–H and O–H groups in total. The van der Waals surface area contributed by atoms with E-state index >= 15 is 0 Å². The van der Waals surface area contributed by atoms with Crippen molar-refractivity contribution in [3.05, 3.63) is 83.7 Å². The van der Waals surface area contributed by atoms with Crippen LogP contribution in [0.2, 0.25) is 0 Å². The summed E-state index contributed by atoms with van der Waals surface area (Å²) >= 11 is 0. The Morgan fingerprint density at radius 1 is 1.03 bits per heavy atom. The van der Waals surface area contributed by atoms with Crippen LogP contribution in [-0.2, 0) is 0 Å². The molecule has 3 aromatic heterocycles. The molecule has 0 spiro atoms. The first kappa shape index (κ1) is 20.3. The molecule has 0 saturated heterocycles. The largest absolute Gasteiger partial charge is 0.478 e. The van der Waals surface area contributed by atoms with Crippen LogP contribution < -0.4 is 11.1 Å². The molecule has 9 heteroatoms. The van der Waals surface area contributed by atoms with Crippen molar-refractivity contribution < 1.29 is 9.90 Å². The highest BCUT2D eigenvalue weighted by atomic mass is 16.4. The zero-order valence-electron chi connectivity index (χ0n) is 18.0. The second kappa shape index (κ2) is 7.79. The summed E-state index contributed by atoms with van der Waals surface area (Å²) in [5.41, 5.74) is 11.3. The van der Waals surface area contributed by atoms with Gasteiger partial charge < -0.3 is 16.2 Å². The van der Waals surface area contributed by atoms with Gasteiger partial charge in [0.2, 0.25) is 5.95 Å². The van der Waals surface area contributed by atoms with E-state index in [0.717, 1.165) is 28.1 Å². The first-order valence-corrected chi connectivity index (χ1v) is 10.3. The summed E-state index contributed by atoms with van der Waals surface area (Å²) < 4.78 is 3.41. The number of hydrogen-bond donors (Lipinski definition) is 3. The monoisotopic (exact) mass is 439 g/mol. The molecule has 33 heavy (non-hydrogen) atoms. The Kier molecular flexibility index (Phi) is 4.78. The second-order valence-electron chi connectivity index (χ2n) is 7.67. The van der Waals surface area contributed by atoms with Crippen molar-refractivity contribution in [2.75, 3.05) is 11.1 Å². The van der Waals surface area contributed by atoms with Gasteiger partial charge in [-0.15, -0.1) is 5.10 Å². The minimum absolute atomic E-state index is 0.166. The number of benzene rings is 2. The van der Waals surface area contributed by atoms with Crippen LogP contribution >= 0.6 is 0 Å². The van der Waals surface area contributed by atoms with E-state index in [-0.39, 0.29) is 11.5 Å². The number of carbonyl (C=O) groups is 1. The molecule has 0 unspecified atom stereocenters. The Morgan fingerprint density at radius 3 is 2.58 bits per heavy atom. The molecule has 3 heterocycles. The van der Waals surface area contributed by atoms with Gasteiger partial charge in [0.15, 0.2) is 5.65 Å². The van der Waals surface area contributed by atoms with E-state index in [1.165, 1.54) is 0 Å². The van der Waals surface area contributed by atoms with Crippen LogP contribution in [0.4, 0.5) is 17.5 Å². The van der Waals surface area contributed by atoms with E-state index in [4.69, 9.17) is 10.8 Å². The van der Waals surface area contributed by atoms with Crippen LogP contribution in [-0.4, -0.2) is 35.5 Å². The lowest BCUT2D eigenvalue weighted by Crippen LogP contribution is -2.08. The number of pyridine rings is 1. The fraction of sp³-hybridized carbons (Fsp3) is 0.0833. The number of aromatic carboxylic acids is 1. The maximum absolute atomic E-state index is 11.8. The van der Waals surface area contributed by atoms with E-state index in [1.54, 1.807) is 39.7 Å². The Labute approximate surface area is 189 Å². The number of anilines is 3. The molecule has 0 amide bonds. The minimum Gasteiger partial charge on any atom is -0.478 e. The maximum Gasteiger partial charge on any atom is 0.337 e. The van der Waals surface area contributed by atoms with Crippen molar-refractivity contribution in [2.45, 2.75) is 13.8 Å². The van der Waals surface area contributed by atoms with Gasteiger partial charge in [0.25, 0.3) is 0 Å². The molecule has 5 aromatic rings. The Balaban J connectivity index is 1.75. The predicted octanol–water partition coefficient (Wildman–Crippen LogP) is 4.22. The number of fused-ring (bicyclic) bond motifs is 1. The first-order chi connectivity index (χ1) is 15.9. The fourth-order valence-electron chi connectivity index (χ4n) is 3.92. The van der Waals surface area contributed by atoms with Gasteiger partial charge in [-0.05, 0) is 55.3 Å². The van der Waals surface area contributed by atoms with Crippen molar-refractivity contribution in [1.82, 2.24) is 24.4 Å². The third-order valence-electron chi connectivity index (χ3n) is 5.46. The van der Waals surface area contributed by atoms with Crippen molar-refractivity contribution in [1.29, 1.82) is 0 Å². The summed E-state index contributed by atoms with van der Waals surface area (Å²) in [7, 11) is 0. The molecule has 0 radical (unpaired) electrons. The van der Waals surface area contributed by atoms with Gasteiger partial charge >= 0.3 is 5.97 Å². The number of nitrogens with two attached hydrogens (primary N) is 1. The predicted molar refractivity (Wildman–Crippen MR) is 126 cm³/mol. The quantitative estimate of drug-likeness (QED) is 0.374. The van der Waals surface area contributed by atoms with Crippen molar-refractivity contribution in [3.63, 3.8) is 0 Å². The van der Waals surface area contributed by atoms with E-state index in [2.05, 4.69) is 15.4 Å². The lowest BCUT2D eigenvalue weighted by molar-refractivity contribution is 0.0698. The van der Waals surface area contributed by atoms with Gasteiger partial charge in [0.05, 0.1) is 22.6 Å². The van der Waals surface area contributed by atoms with E-state index in [0.29, 0.717) is 17.2 Å². The molecule has 0 saturated carbocycles. The molecule has 9 nitrogen and oxygen atoms in total. The highest BCUT2D eigenvalue weighted by Crippen LogP contribution is 2.37. The highest BCUT2D eigenvalue weighted by Gasteiger charge is 2.21. The molecular formula is C24H21N7O2. The van der Waals surface area contributed by atoms with Gasteiger partial charge in [-0.25, -0.2) is 14.0 Å². The number of aryl methyl sites for hydroxylation is 2. The topological polar surface area (TPSA) is 123 Å². The van der Waals surface area contributed by atoms with Crippen molar-refractivity contribution in [3.8, 4) is 16.8 Å². The SMILES string of the molecule is Cc1ccccc1-n1nc(C)c(-c2ccn3nc(N)nc3c2)c1Nc1ccccc1C(=O)O. The van der Waals surface area contributed by atoms with Gasteiger partial charge in [-0.1, -0.05) is 30.3 Å². The standard InChI is InChI=1S/C24H21N7O2/c1-14-7-3-6-10-19(14)31-22(26-18-9-5-4-8-17(18)23(32)33)21(15(2)28-31)16-11-12-30-20(13-16)27-24(25)29-30/h3-13,26H,1-2H3,(H2,25,29)(H,32,33). The van der Waals surface area contributed by atoms with Gasteiger partial charge in [-0.2, -0.15) is 10.1 Å². The zero-order chi connectivity index (χ0) is 23.1. The summed E-state index contributed by atoms with van der Waals surface area (Å²) in [4.78, 5) is 16.1. The normalized spacial score (nSPS) is 11.1. The zero-order valence-corrected chi connectivity index (χ0v) is 18.0. The molecule has 0 fully saturated rings. The van der Waals surface area contributed by atoms with Gasteiger partial charge in [0, 0.05) is 11.8 Å². The number of aromatic nitrogens is 5. The van der Waals surface area contributed by atoms with Crippen molar-refractivity contribution in [2.24, 2.45) is 0 Å². The lowest BCUT2D eigenvalue weighted by atomic mass is 10.1. The highest BCUT2D eigenvalue weighted by molar-refractivity contribution is 5.96. The van der Waals surface area contributed by atoms with Crippen LogP contribution in [0.3, 0.4) is 0 Å². The fourth-order valence-corrected chi connectivity index (χ4v) is 3.92. The summed E-state index contributed by atoms with van der Waals surface area (Å²) in [6.45, 7) is 3.92.